The van der Waals surface area contributed by atoms with Gasteiger partial charge in [-0.15, -0.1) is 0 Å². The molecule has 2 aliphatic rings. The van der Waals surface area contributed by atoms with Crippen LogP contribution in [0.5, 0.6) is 0 Å². The molecule has 140 valence electrons. The molecule has 0 saturated heterocycles. The maximum atomic E-state index is 12.4. The van der Waals surface area contributed by atoms with E-state index in [0.29, 0.717) is 12.8 Å². The number of esters is 2. The Morgan fingerprint density at radius 3 is 2.36 bits per heavy atom. The molecule has 0 aromatic rings. The van der Waals surface area contributed by atoms with Crippen molar-refractivity contribution in [1.29, 1.82) is 0 Å². The highest BCUT2D eigenvalue weighted by Crippen LogP contribution is 2.53. The largest absolute Gasteiger partial charge is 0.480 e. The van der Waals surface area contributed by atoms with Crippen molar-refractivity contribution in [1.82, 2.24) is 0 Å². The quantitative estimate of drug-likeness (QED) is 0.386. The highest BCUT2D eigenvalue weighted by molar-refractivity contribution is 6.00. The van der Waals surface area contributed by atoms with Gasteiger partial charge in [-0.05, 0) is 39.0 Å². The Kier molecular flexibility index (Phi) is 5.56. The molecule has 0 aliphatic heterocycles. The lowest BCUT2D eigenvalue weighted by atomic mass is 9.76. The minimum atomic E-state index is -1.57. The topological polar surface area (TPSA) is 110 Å². The van der Waals surface area contributed by atoms with Crippen molar-refractivity contribution in [2.45, 2.75) is 46.1 Å². The Hall–Kier alpha value is -1.89. The van der Waals surface area contributed by atoms with Gasteiger partial charge in [0.25, 0.3) is 0 Å². The summed E-state index contributed by atoms with van der Waals surface area (Å²) in [7, 11) is 0. The minimum absolute atomic E-state index is 0.0794. The molecule has 7 heteroatoms. The van der Waals surface area contributed by atoms with Gasteiger partial charge in [-0.25, -0.2) is 0 Å². The summed E-state index contributed by atoms with van der Waals surface area (Å²) in [4.78, 5) is 35.9. The molecule has 0 aromatic carbocycles. The molecule has 2 N–H and O–H groups in total. The van der Waals surface area contributed by atoms with Gasteiger partial charge in [-0.3, -0.25) is 14.4 Å². The summed E-state index contributed by atoms with van der Waals surface area (Å²) in [6.45, 7) is 4.62. The number of rotatable bonds is 8. The van der Waals surface area contributed by atoms with E-state index in [2.05, 4.69) is 0 Å². The number of aliphatic hydroxyl groups is 1. The second-order valence-corrected chi connectivity index (χ2v) is 7.56. The van der Waals surface area contributed by atoms with Gasteiger partial charge in [-0.1, -0.05) is 19.1 Å². The molecule has 2 aliphatic carbocycles. The summed E-state index contributed by atoms with van der Waals surface area (Å²) < 4.78 is 10.1. The van der Waals surface area contributed by atoms with Crippen LogP contribution >= 0.6 is 0 Å². The average molecular weight is 354 g/mol. The molecule has 4 unspecified atom stereocenters. The first-order chi connectivity index (χ1) is 11.6. The van der Waals surface area contributed by atoms with E-state index in [4.69, 9.17) is 9.47 Å². The average Bonchev–Trinajstić information content (AvgIpc) is 3.18. The second kappa shape index (κ2) is 7.15. The molecule has 0 spiro atoms. The first-order valence-corrected chi connectivity index (χ1v) is 8.57. The smallest absolute Gasteiger partial charge is 0.324 e. The lowest BCUT2D eigenvalue weighted by Crippen LogP contribution is -2.45. The maximum absolute atomic E-state index is 12.4. The van der Waals surface area contributed by atoms with Gasteiger partial charge < -0.3 is 19.7 Å². The fourth-order valence-electron chi connectivity index (χ4n) is 3.28. The number of hydrogen-bond donors (Lipinski definition) is 2. The van der Waals surface area contributed by atoms with E-state index in [1.807, 2.05) is 13.0 Å². The SMILES string of the molecule is CCC(C)(C)C(=O)OCC(O)COC(=O)C1(C(=O)O)CC2C=CC1C2. The van der Waals surface area contributed by atoms with Crippen molar-refractivity contribution in [2.24, 2.45) is 22.7 Å². The number of ether oxygens (including phenoxy) is 2. The number of allylic oxidation sites excluding steroid dienone is 2. The van der Waals surface area contributed by atoms with Crippen molar-refractivity contribution in [3.05, 3.63) is 12.2 Å². The van der Waals surface area contributed by atoms with Crippen LogP contribution < -0.4 is 0 Å². The fraction of sp³-hybridized carbons (Fsp3) is 0.722. The number of carbonyl (C=O) groups excluding carboxylic acids is 2. The zero-order chi connectivity index (χ0) is 18.8. The number of carbonyl (C=O) groups is 3. The van der Waals surface area contributed by atoms with Crippen LogP contribution in [-0.4, -0.2) is 47.4 Å². The summed E-state index contributed by atoms with van der Waals surface area (Å²) in [5.41, 5.74) is -2.22. The van der Waals surface area contributed by atoms with E-state index in [1.54, 1.807) is 19.9 Å². The molecule has 0 amide bonds. The zero-order valence-electron chi connectivity index (χ0n) is 14.9. The predicted molar refractivity (Wildman–Crippen MR) is 87.4 cm³/mol. The number of hydrogen-bond acceptors (Lipinski definition) is 6. The molecule has 4 atom stereocenters. The van der Waals surface area contributed by atoms with Crippen molar-refractivity contribution in [2.75, 3.05) is 13.2 Å². The van der Waals surface area contributed by atoms with Crippen molar-refractivity contribution >= 4 is 17.9 Å². The first-order valence-electron chi connectivity index (χ1n) is 8.57. The van der Waals surface area contributed by atoms with Gasteiger partial charge in [-0.2, -0.15) is 0 Å². The van der Waals surface area contributed by atoms with E-state index < -0.39 is 41.4 Å². The van der Waals surface area contributed by atoms with Crippen LogP contribution in [-0.2, 0) is 23.9 Å². The molecule has 0 heterocycles. The van der Waals surface area contributed by atoms with Crippen LogP contribution in [0, 0.1) is 22.7 Å². The Bertz CT molecular complexity index is 580. The Morgan fingerprint density at radius 2 is 1.88 bits per heavy atom. The summed E-state index contributed by atoms with van der Waals surface area (Å²) >= 11 is 0. The number of carboxylic acids is 1. The monoisotopic (exact) mass is 354 g/mol. The van der Waals surface area contributed by atoms with E-state index in [-0.39, 0.29) is 24.9 Å². The lowest BCUT2D eigenvalue weighted by molar-refractivity contribution is -0.174. The second-order valence-electron chi connectivity index (χ2n) is 7.56. The summed E-state index contributed by atoms with van der Waals surface area (Å²) in [5.74, 6) is -2.77. The van der Waals surface area contributed by atoms with Gasteiger partial charge >= 0.3 is 17.9 Å². The van der Waals surface area contributed by atoms with Gasteiger partial charge in [0, 0.05) is 5.92 Å². The van der Waals surface area contributed by atoms with E-state index in [1.165, 1.54) is 0 Å². The van der Waals surface area contributed by atoms with Gasteiger partial charge in [0.1, 0.15) is 19.3 Å². The number of aliphatic hydroxyl groups excluding tert-OH is 1. The maximum Gasteiger partial charge on any atom is 0.324 e. The molecule has 2 bridgehead atoms. The third-order valence-electron chi connectivity index (χ3n) is 5.39. The summed E-state index contributed by atoms with van der Waals surface area (Å²) in [5, 5.41) is 19.4. The molecule has 0 radical (unpaired) electrons. The first kappa shape index (κ1) is 19.4. The van der Waals surface area contributed by atoms with Crippen molar-refractivity contribution < 1.29 is 34.1 Å². The predicted octanol–water partition coefficient (Wildman–Crippen LogP) is 1.54. The molecule has 1 saturated carbocycles. The van der Waals surface area contributed by atoms with Gasteiger partial charge in [0.15, 0.2) is 5.41 Å². The molecule has 1 fully saturated rings. The van der Waals surface area contributed by atoms with Gasteiger partial charge in [0.2, 0.25) is 0 Å². The normalized spacial score (nSPS) is 28.6. The fourth-order valence-corrected chi connectivity index (χ4v) is 3.28. The minimum Gasteiger partial charge on any atom is -0.480 e. The molecular formula is C18H26O7. The number of aliphatic carboxylic acids is 1. The highest BCUT2D eigenvalue weighted by atomic mass is 16.6. The molecular weight excluding hydrogens is 328 g/mol. The molecule has 2 rings (SSSR count). The zero-order valence-corrected chi connectivity index (χ0v) is 14.9. The molecule has 7 nitrogen and oxygen atoms in total. The summed E-state index contributed by atoms with van der Waals surface area (Å²) in [6, 6.07) is 0. The van der Waals surface area contributed by atoms with Crippen LogP contribution in [0.2, 0.25) is 0 Å². The van der Waals surface area contributed by atoms with Crippen LogP contribution in [0.15, 0.2) is 12.2 Å². The molecule has 25 heavy (non-hydrogen) atoms. The third kappa shape index (κ3) is 3.71. The van der Waals surface area contributed by atoms with Gasteiger partial charge in [0.05, 0.1) is 5.41 Å². The van der Waals surface area contributed by atoms with Crippen molar-refractivity contribution in [3.63, 3.8) is 0 Å². The summed E-state index contributed by atoms with van der Waals surface area (Å²) in [6.07, 6.45) is 3.94. The Morgan fingerprint density at radius 1 is 1.24 bits per heavy atom. The van der Waals surface area contributed by atoms with Crippen LogP contribution in [0.4, 0.5) is 0 Å². The van der Waals surface area contributed by atoms with E-state index >= 15 is 0 Å². The number of fused-ring (bicyclic) bond motifs is 2. The Labute approximate surface area is 147 Å². The van der Waals surface area contributed by atoms with E-state index in [9.17, 15) is 24.6 Å². The lowest BCUT2D eigenvalue weighted by Gasteiger charge is -2.29. The van der Waals surface area contributed by atoms with Crippen molar-refractivity contribution in [3.8, 4) is 0 Å². The standard InChI is InChI=1S/C18H26O7/c1-4-17(2,3)15(22)24-9-13(19)10-25-16(23)18(14(20)21)8-11-5-6-12(18)7-11/h5-6,11-13,19H,4,7-10H2,1-3H3,(H,20,21). The van der Waals surface area contributed by atoms with Crippen LogP contribution in [0.1, 0.15) is 40.0 Å². The van der Waals surface area contributed by atoms with Crippen LogP contribution in [0.25, 0.3) is 0 Å². The Balaban J connectivity index is 1.86. The third-order valence-corrected chi connectivity index (χ3v) is 5.39. The molecule has 0 aromatic heterocycles. The number of carboxylic acid groups (broad SMARTS) is 1. The van der Waals surface area contributed by atoms with Crippen LogP contribution in [0.3, 0.4) is 0 Å². The highest BCUT2D eigenvalue weighted by Gasteiger charge is 2.60. The van der Waals surface area contributed by atoms with E-state index in [0.717, 1.165) is 0 Å².